The van der Waals surface area contributed by atoms with Gasteiger partial charge in [-0.15, -0.1) is 0 Å². The molecule has 2 aromatic carbocycles. The van der Waals surface area contributed by atoms with Crippen LogP contribution in [0.4, 0.5) is 5.69 Å². The zero-order valence-corrected chi connectivity index (χ0v) is 17.1. The Bertz CT molecular complexity index is 925. The Balaban J connectivity index is 1.40. The van der Waals surface area contributed by atoms with Gasteiger partial charge in [0.1, 0.15) is 0 Å². The van der Waals surface area contributed by atoms with Gasteiger partial charge in [0, 0.05) is 50.5 Å². The first kappa shape index (κ1) is 19.3. The molecule has 0 radical (unpaired) electrons. The van der Waals surface area contributed by atoms with E-state index in [4.69, 9.17) is 0 Å². The van der Waals surface area contributed by atoms with Crippen molar-refractivity contribution in [2.75, 3.05) is 25.0 Å². The van der Waals surface area contributed by atoms with Gasteiger partial charge in [-0.1, -0.05) is 30.3 Å². The Morgan fingerprint density at radius 3 is 2.31 bits per heavy atom. The van der Waals surface area contributed by atoms with Crippen molar-refractivity contribution < 1.29 is 4.79 Å². The third-order valence-corrected chi connectivity index (χ3v) is 5.72. The Hall–Kier alpha value is -3.01. The van der Waals surface area contributed by atoms with Crippen LogP contribution in [-0.2, 0) is 17.8 Å². The lowest BCUT2D eigenvalue weighted by atomic mass is 10.1. The van der Waals surface area contributed by atoms with Crippen molar-refractivity contribution in [1.29, 1.82) is 0 Å². The number of aromatic nitrogens is 1. The summed E-state index contributed by atoms with van der Waals surface area (Å²) in [6, 6.07) is 20.7. The monoisotopic (exact) mass is 387 g/mol. The molecule has 0 unspecified atom stereocenters. The molecule has 0 saturated carbocycles. The molecule has 4 heteroatoms. The first-order chi connectivity index (χ1) is 14.2. The summed E-state index contributed by atoms with van der Waals surface area (Å²) in [6.45, 7) is 2.87. The molecule has 1 aromatic heterocycles. The van der Waals surface area contributed by atoms with Gasteiger partial charge in [0.15, 0.2) is 0 Å². The van der Waals surface area contributed by atoms with Gasteiger partial charge in [0.2, 0.25) is 5.91 Å². The molecule has 29 heavy (non-hydrogen) atoms. The van der Waals surface area contributed by atoms with Crippen LogP contribution in [0.25, 0.3) is 5.69 Å². The minimum absolute atomic E-state index is 0.146. The van der Waals surface area contributed by atoms with Gasteiger partial charge < -0.3 is 14.4 Å². The highest BCUT2D eigenvalue weighted by Gasteiger charge is 2.17. The van der Waals surface area contributed by atoms with Crippen LogP contribution < -0.4 is 4.90 Å². The largest absolute Gasteiger partial charge is 0.371 e. The number of rotatable bonds is 6. The van der Waals surface area contributed by atoms with E-state index in [0.717, 1.165) is 24.3 Å². The lowest BCUT2D eigenvalue weighted by Crippen LogP contribution is -2.32. The number of amides is 1. The summed E-state index contributed by atoms with van der Waals surface area (Å²) < 4.78 is 2.06. The number of carbonyl (C=O) groups excluding carboxylic acids is 1. The minimum atomic E-state index is 0.146. The van der Waals surface area contributed by atoms with Gasteiger partial charge in [0.05, 0.1) is 6.42 Å². The fourth-order valence-corrected chi connectivity index (χ4v) is 4.03. The van der Waals surface area contributed by atoms with Crippen LogP contribution in [0, 0.1) is 0 Å². The van der Waals surface area contributed by atoms with Crippen molar-refractivity contribution in [3.05, 3.63) is 84.2 Å². The second-order valence-electron chi connectivity index (χ2n) is 7.86. The average Bonchev–Trinajstić information content (AvgIpc) is 3.30. The fraction of sp³-hybridized carbons (Fsp3) is 0.320. The third kappa shape index (κ3) is 4.70. The quantitative estimate of drug-likeness (QED) is 0.615. The standard InChI is InChI=1S/C25H29N3O/c1-26(20-22-9-3-4-10-24(22)28-17-5-2-6-18-28)25(29)19-21-11-13-23(14-12-21)27-15-7-8-16-27/h3-4,7-16H,2,5-6,17-20H2,1H3. The van der Waals surface area contributed by atoms with E-state index in [2.05, 4.69) is 45.9 Å². The molecule has 4 nitrogen and oxygen atoms in total. The molecule has 0 atom stereocenters. The third-order valence-electron chi connectivity index (χ3n) is 5.72. The van der Waals surface area contributed by atoms with Gasteiger partial charge in [-0.2, -0.15) is 0 Å². The summed E-state index contributed by atoms with van der Waals surface area (Å²) in [5.41, 5.74) is 4.66. The lowest BCUT2D eigenvalue weighted by molar-refractivity contribution is -0.129. The maximum Gasteiger partial charge on any atom is 0.227 e. The van der Waals surface area contributed by atoms with Crippen LogP contribution >= 0.6 is 0 Å². The highest BCUT2D eigenvalue weighted by molar-refractivity contribution is 5.78. The van der Waals surface area contributed by atoms with Crippen LogP contribution in [0.15, 0.2) is 73.1 Å². The highest BCUT2D eigenvalue weighted by atomic mass is 16.2. The summed E-state index contributed by atoms with van der Waals surface area (Å²) in [7, 11) is 1.91. The Morgan fingerprint density at radius 2 is 1.59 bits per heavy atom. The highest BCUT2D eigenvalue weighted by Crippen LogP contribution is 2.25. The van der Waals surface area contributed by atoms with Gasteiger partial charge in [-0.25, -0.2) is 0 Å². The molecule has 1 fully saturated rings. The molecular formula is C25H29N3O. The Kier molecular flexibility index (Phi) is 5.99. The van der Waals surface area contributed by atoms with Crippen LogP contribution in [0.1, 0.15) is 30.4 Å². The molecule has 2 heterocycles. The van der Waals surface area contributed by atoms with E-state index >= 15 is 0 Å². The number of para-hydroxylation sites is 1. The van der Waals surface area contributed by atoms with Crippen molar-refractivity contribution in [1.82, 2.24) is 9.47 Å². The first-order valence-corrected chi connectivity index (χ1v) is 10.5. The maximum atomic E-state index is 12.8. The van der Waals surface area contributed by atoms with Crippen molar-refractivity contribution >= 4 is 11.6 Å². The number of nitrogens with zero attached hydrogens (tertiary/aromatic N) is 3. The smallest absolute Gasteiger partial charge is 0.227 e. The molecule has 0 aliphatic carbocycles. The predicted octanol–water partition coefficient (Wildman–Crippen LogP) is 4.67. The molecule has 4 rings (SSSR count). The molecular weight excluding hydrogens is 358 g/mol. The molecule has 1 aliphatic heterocycles. The second-order valence-corrected chi connectivity index (χ2v) is 7.86. The first-order valence-electron chi connectivity index (χ1n) is 10.5. The minimum Gasteiger partial charge on any atom is -0.371 e. The Morgan fingerprint density at radius 1 is 0.897 bits per heavy atom. The fourth-order valence-electron chi connectivity index (χ4n) is 4.03. The average molecular weight is 388 g/mol. The van der Waals surface area contributed by atoms with Gasteiger partial charge >= 0.3 is 0 Å². The number of hydrogen-bond acceptors (Lipinski definition) is 2. The molecule has 150 valence electrons. The van der Waals surface area contributed by atoms with E-state index in [1.54, 1.807) is 0 Å². The number of carbonyl (C=O) groups is 1. The molecule has 0 N–H and O–H groups in total. The summed E-state index contributed by atoms with van der Waals surface area (Å²) >= 11 is 0. The summed E-state index contributed by atoms with van der Waals surface area (Å²) in [5.74, 6) is 0.146. The molecule has 1 saturated heterocycles. The number of likely N-dealkylation sites (N-methyl/N-ethyl adjacent to an activating group) is 1. The van der Waals surface area contributed by atoms with Crippen LogP contribution in [0.5, 0.6) is 0 Å². The van der Waals surface area contributed by atoms with Crippen molar-refractivity contribution in [3.63, 3.8) is 0 Å². The van der Waals surface area contributed by atoms with Crippen LogP contribution in [0.3, 0.4) is 0 Å². The van der Waals surface area contributed by atoms with E-state index in [0.29, 0.717) is 13.0 Å². The topological polar surface area (TPSA) is 28.5 Å². The van der Waals surface area contributed by atoms with E-state index in [9.17, 15) is 4.79 Å². The summed E-state index contributed by atoms with van der Waals surface area (Å²) in [5, 5.41) is 0. The number of hydrogen-bond donors (Lipinski definition) is 0. The summed E-state index contributed by atoms with van der Waals surface area (Å²) in [4.78, 5) is 17.1. The van der Waals surface area contributed by atoms with E-state index < -0.39 is 0 Å². The van der Waals surface area contributed by atoms with Crippen molar-refractivity contribution in [3.8, 4) is 5.69 Å². The molecule has 0 bridgehead atoms. The van der Waals surface area contributed by atoms with E-state index in [-0.39, 0.29) is 5.91 Å². The van der Waals surface area contributed by atoms with Crippen LogP contribution in [-0.4, -0.2) is 35.5 Å². The number of benzene rings is 2. The number of piperidine rings is 1. The Labute approximate surface area is 173 Å². The van der Waals surface area contributed by atoms with Gasteiger partial charge in [-0.3, -0.25) is 4.79 Å². The van der Waals surface area contributed by atoms with E-state index in [1.807, 2.05) is 48.6 Å². The maximum absolute atomic E-state index is 12.8. The molecule has 3 aromatic rings. The molecule has 1 amide bonds. The lowest BCUT2D eigenvalue weighted by Gasteiger charge is -2.31. The van der Waals surface area contributed by atoms with Crippen molar-refractivity contribution in [2.45, 2.75) is 32.2 Å². The predicted molar refractivity (Wildman–Crippen MR) is 118 cm³/mol. The number of anilines is 1. The van der Waals surface area contributed by atoms with Crippen LogP contribution in [0.2, 0.25) is 0 Å². The molecule has 1 aliphatic rings. The van der Waals surface area contributed by atoms with E-state index in [1.165, 1.54) is 30.5 Å². The summed E-state index contributed by atoms with van der Waals surface area (Å²) in [6.07, 6.45) is 8.29. The SMILES string of the molecule is CN(Cc1ccccc1N1CCCCC1)C(=O)Cc1ccc(-n2cccc2)cc1. The second kappa shape index (κ2) is 8.99. The van der Waals surface area contributed by atoms with Gasteiger partial charge in [-0.05, 0) is 60.7 Å². The normalized spacial score (nSPS) is 14.0. The zero-order valence-electron chi connectivity index (χ0n) is 17.1. The van der Waals surface area contributed by atoms with Crippen molar-refractivity contribution in [2.24, 2.45) is 0 Å². The zero-order chi connectivity index (χ0) is 20.1. The van der Waals surface area contributed by atoms with Gasteiger partial charge in [0.25, 0.3) is 0 Å². The molecule has 0 spiro atoms.